The average molecular weight is 236 g/mol. The van der Waals surface area contributed by atoms with E-state index in [4.69, 9.17) is 5.73 Å². The van der Waals surface area contributed by atoms with Crippen molar-refractivity contribution >= 4 is 28.9 Å². The van der Waals surface area contributed by atoms with Gasteiger partial charge in [-0.2, -0.15) is 0 Å². The van der Waals surface area contributed by atoms with Crippen LogP contribution in [-0.2, 0) is 5.75 Å². The van der Waals surface area contributed by atoms with Crippen molar-refractivity contribution in [3.05, 3.63) is 40.2 Å². The first-order valence-electron chi connectivity index (χ1n) is 4.65. The molecule has 0 bridgehead atoms. The predicted molar refractivity (Wildman–Crippen MR) is 67.3 cm³/mol. The van der Waals surface area contributed by atoms with Crippen LogP contribution in [0.4, 0.5) is 5.82 Å². The lowest BCUT2D eigenvalue weighted by Gasteiger charge is -1.97. The smallest absolute Gasteiger partial charge is 0.137 e. The van der Waals surface area contributed by atoms with Gasteiger partial charge in [-0.05, 0) is 19.1 Å². The van der Waals surface area contributed by atoms with E-state index in [1.54, 1.807) is 23.1 Å². The minimum absolute atomic E-state index is 0.670. The molecular weight excluding hydrogens is 224 g/mol. The number of rotatable bonds is 3. The number of aryl methyl sites for hydroxylation is 1. The number of hydrogen-bond acceptors (Lipinski definition) is 4. The van der Waals surface area contributed by atoms with Crippen molar-refractivity contribution in [1.82, 2.24) is 4.98 Å². The summed E-state index contributed by atoms with van der Waals surface area (Å²) in [7, 11) is 0. The summed E-state index contributed by atoms with van der Waals surface area (Å²) in [6.45, 7) is 2.00. The Balaban J connectivity index is 1.99. The molecule has 15 heavy (non-hydrogen) atoms. The van der Waals surface area contributed by atoms with Crippen molar-refractivity contribution in [3.63, 3.8) is 0 Å². The van der Waals surface area contributed by atoms with Crippen LogP contribution in [0.25, 0.3) is 0 Å². The molecule has 0 fully saturated rings. The third kappa shape index (κ3) is 2.73. The quantitative estimate of drug-likeness (QED) is 0.831. The molecule has 0 saturated heterocycles. The molecule has 0 unspecified atom stereocenters. The third-order valence-corrected chi connectivity index (χ3v) is 4.17. The van der Waals surface area contributed by atoms with Gasteiger partial charge in [0.1, 0.15) is 10.8 Å². The van der Waals surface area contributed by atoms with Crippen molar-refractivity contribution < 1.29 is 0 Å². The molecular formula is C11H12N2S2. The number of thiazole rings is 1. The second kappa shape index (κ2) is 4.68. The van der Waals surface area contributed by atoms with Crippen LogP contribution in [0, 0.1) is 6.92 Å². The number of thioether (sulfide) groups is 1. The maximum atomic E-state index is 5.70. The van der Waals surface area contributed by atoms with Crippen molar-refractivity contribution in [2.75, 3.05) is 5.73 Å². The van der Waals surface area contributed by atoms with Gasteiger partial charge < -0.3 is 5.73 Å². The molecule has 78 valence electrons. The van der Waals surface area contributed by atoms with E-state index < -0.39 is 0 Å². The van der Waals surface area contributed by atoms with Crippen LogP contribution in [0.2, 0.25) is 0 Å². The normalized spacial score (nSPS) is 10.5. The first kappa shape index (κ1) is 10.5. The summed E-state index contributed by atoms with van der Waals surface area (Å²) in [5.41, 5.74) is 5.70. The van der Waals surface area contributed by atoms with E-state index in [9.17, 15) is 0 Å². The molecule has 2 aromatic rings. The summed E-state index contributed by atoms with van der Waals surface area (Å²) in [6.07, 6.45) is 0. The van der Waals surface area contributed by atoms with E-state index in [1.165, 1.54) is 4.90 Å². The lowest BCUT2D eigenvalue weighted by molar-refractivity contribution is 1.26. The Hall–Kier alpha value is -1.00. The van der Waals surface area contributed by atoms with Crippen molar-refractivity contribution in [3.8, 4) is 0 Å². The summed E-state index contributed by atoms with van der Waals surface area (Å²) >= 11 is 3.46. The molecule has 2 N–H and O–H groups in total. The largest absolute Gasteiger partial charge is 0.383 e. The van der Waals surface area contributed by atoms with Crippen LogP contribution in [0.5, 0.6) is 0 Å². The number of nitrogen functional groups attached to an aromatic ring is 1. The highest BCUT2D eigenvalue weighted by atomic mass is 32.2. The van der Waals surface area contributed by atoms with Gasteiger partial charge in [0.15, 0.2) is 0 Å². The number of anilines is 1. The summed E-state index contributed by atoms with van der Waals surface area (Å²) in [5, 5.41) is 1.10. The van der Waals surface area contributed by atoms with Crippen LogP contribution in [-0.4, -0.2) is 4.98 Å². The number of aromatic nitrogens is 1. The lowest BCUT2D eigenvalue weighted by Crippen LogP contribution is -1.86. The molecule has 2 rings (SSSR count). The summed E-state index contributed by atoms with van der Waals surface area (Å²) in [6, 6.07) is 10.3. The minimum Gasteiger partial charge on any atom is -0.383 e. The molecule has 0 spiro atoms. The van der Waals surface area contributed by atoms with Crippen molar-refractivity contribution in [1.29, 1.82) is 0 Å². The molecule has 0 aliphatic heterocycles. The van der Waals surface area contributed by atoms with E-state index in [0.29, 0.717) is 5.82 Å². The van der Waals surface area contributed by atoms with Gasteiger partial charge in [0, 0.05) is 9.77 Å². The fourth-order valence-corrected chi connectivity index (χ4v) is 2.95. The molecule has 0 saturated carbocycles. The Morgan fingerprint density at radius 1 is 1.33 bits per heavy atom. The first-order valence-corrected chi connectivity index (χ1v) is 6.45. The molecule has 0 amide bonds. The molecule has 0 aliphatic carbocycles. The Morgan fingerprint density at radius 2 is 2.07 bits per heavy atom. The molecule has 0 aliphatic rings. The maximum Gasteiger partial charge on any atom is 0.137 e. The standard InChI is InChI=1S/C11H12N2S2/c1-8-11(12)13-10(15-8)7-14-9-5-3-2-4-6-9/h2-6H,7,12H2,1H3. The molecule has 1 aromatic heterocycles. The zero-order valence-corrected chi connectivity index (χ0v) is 10.1. The van der Waals surface area contributed by atoms with E-state index in [-0.39, 0.29) is 0 Å². The Morgan fingerprint density at radius 3 is 2.67 bits per heavy atom. The van der Waals surface area contributed by atoms with Crippen LogP contribution in [0.1, 0.15) is 9.88 Å². The minimum atomic E-state index is 0.670. The Bertz CT molecular complexity index is 418. The van der Waals surface area contributed by atoms with Crippen molar-refractivity contribution in [2.24, 2.45) is 0 Å². The highest BCUT2D eigenvalue weighted by Crippen LogP contribution is 2.27. The van der Waals surface area contributed by atoms with Gasteiger partial charge in [-0.3, -0.25) is 0 Å². The van der Waals surface area contributed by atoms with E-state index in [0.717, 1.165) is 15.6 Å². The zero-order valence-electron chi connectivity index (χ0n) is 8.43. The zero-order chi connectivity index (χ0) is 10.7. The van der Waals surface area contributed by atoms with Crippen LogP contribution >= 0.6 is 23.1 Å². The second-order valence-corrected chi connectivity index (χ2v) is 5.49. The molecule has 0 radical (unpaired) electrons. The van der Waals surface area contributed by atoms with E-state index in [2.05, 4.69) is 17.1 Å². The Kier molecular flexibility index (Phi) is 3.28. The molecule has 1 heterocycles. The van der Waals surface area contributed by atoms with Crippen molar-refractivity contribution in [2.45, 2.75) is 17.6 Å². The fourth-order valence-electron chi connectivity index (χ4n) is 1.19. The highest BCUT2D eigenvalue weighted by molar-refractivity contribution is 7.98. The summed E-state index contributed by atoms with van der Waals surface area (Å²) < 4.78 is 0. The summed E-state index contributed by atoms with van der Waals surface area (Å²) in [4.78, 5) is 6.68. The maximum absolute atomic E-state index is 5.70. The molecule has 2 nitrogen and oxygen atoms in total. The fraction of sp³-hybridized carbons (Fsp3) is 0.182. The number of nitrogens with two attached hydrogens (primary N) is 1. The monoisotopic (exact) mass is 236 g/mol. The number of benzene rings is 1. The van der Waals surface area contributed by atoms with Gasteiger partial charge >= 0.3 is 0 Å². The van der Waals surface area contributed by atoms with Crippen LogP contribution < -0.4 is 5.73 Å². The topological polar surface area (TPSA) is 38.9 Å². The number of nitrogens with zero attached hydrogens (tertiary/aromatic N) is 1. The van der Waals surface area contributed by atoms with E-state index in [1.807, 2.05) is 25.1 Å². The molecule has 1 aromatic carbocycles. The van der Waals surface area contributed by atoms with Crippen LogP contribution in [0.15, 0.2) is 35.2 Å². The predicted octanol–water partition coefficient (Wildman–Crippen LogP) is 3.33. The van der Waals surface area contributed by atoms with Gasteiger partial charge in [0.25, 0.3) is 0 Å². The highest BCUT2D eigenvalue weighted by Gasteiger charge is 2.04. The van der Waals surface area contributed by atoms with Gasteiger partial charge in [-0.1, -0.05) is 18.2 Å². The third-order valence-electron chi connectivity index (χ3n) is 1.98. The van der Waals surface area contributed by atoms with E-state index >= 15 is 0 Å². The molecule has 4 heteroatoms. The first-order chi connectivity index (χ1) is 7.25. The second-order valence-electron chi connectivity index (χ2n) is 3.15. The van der Waals surface area contributed by atoms with Gasteiger partial charge in [-0.25, -0.2) is 4.98 Å². The number of hydrogen-bond donors (Lipinski definition) is 1. The van der Waals surface area contributed by atoms with Gasteiger partial charge in [0.05, 0.1) is 5.75 Å². The Labute approximate surface area is 97.5 Å². The SMILES string of the molecule is Cc1sc(CSc2ccccc2)nc1N. The van der Waals surface area contributed by atoms with Gasteiger partial charge in [0.2, 0.25) is 0 Å². The average Bonchev–Trinajstić information content (AvgIpc) is 2.57. The van der Waals surface area contributed by atoms with Crippen LogP contribution in [0.3, 0.4) is 0 Å². The van der Waals surface area contributed by atoms with Gasteiger partial charge in [-0.15, -0.1) is 23.1 Å². The lowest BCUT2D eigenvalue weighted by atomic mass is 10.4. The molecule has 0 atom stereocenters. The summed E-state index contributed by atoms with van der Waals surface area (Å²) in [5.74, 6) is 1.57.